The van der Waals surface area contributed by atoms with Gasteiger partial charge in [0, 0.05) is 30.7 Å². The third kappa shape index (κ3) is 5.28. The first kappa shape index (κ1) is 19.4. The molecule has 0 saturated heterocycles. The number of rotatable bonds is 4. The Morgan fingerprint density at radius 1 is 1.31 bits per heavy atom. The fourth-order valence-corrected chi connectivity index (χ4v) is 2.55. The fraction of sp³-hybridized carbons (Fsp3) is 0.286. The highest BCUT2D eigenvalue weighted by atomic mass is 15.1. The number of hydrogen-bond acceptors (Lipinski definition) is 4. The minimum absolute atomic E-state index is 0.814. The second-order valence-corrected chi connectivity index (χ2v) is 5.77. The van der Waals surface area contributed by atoms with E-state index in [4.69, 9.17) is 0 Å². The zero-order valence-electron chi connectivity index (χ0n) is 16.0. The van der Waals surface area contributed by atoms with E-state index in [1.165, 1.54) is 5.56 Å². The summed E-state index contributed by atoms with van der Waals surface area (Å²) in [6, 6.07) is 8.42. The molecule has 2 heterocycles. The van der Waals surface area contributed by atoms with Crippen molar-refractivity contribution in [2.75, 3.05) is 5.32 Å². The quantitative estimate of drug-likeness (QED) is 0.832. The van der Waals surface area contributed by atoms with Crippen LogP contribution in [0.3, 0.4) is 0 Å². The number of H-pyrrole nitrogens is 1. The molecule has 0 bridgehead atoms. The minimum Gasteiger partial charge on any atom is -0.340 e. The Kier molecular flexibility index (Phi) is 7.55. The lowest BCUT2D eigenvalue weighted by molar-refractivity contribution is 1.02. The normalized spacial score (nSPS) is 13.2. The largest absolute Gasteiger partial charge is 0.340 e. The number of fused-ring (bicyclic) bond motifs is 1. The van der Waals surface area contributed by atoms with Crippen molar-refractivity contribution < 1.29 is 0 Å². The molecule has 1 aromatic carbocycles. The van der Waals surface area contributed by atoms with Crippen LogP contribution in [0.4, 0.5) is 5.69 Å². The summed E-state index contributed by atoms with van der Waals surface area (Å²) in [7, 11) is 0. The topological polar surface area (TPSA) is 65.4 Å². The van der Waals surface area contributed by atoms with Gasteiger partial charge in [-0.1, -0.05) is 31.2 Å². The van der Waals surface area contributed by atoms with E-state index in [2.05, 4.69) is 62.8 Å². The number of nitrogens with zero attached hydrogens (tertiary/aromatic N) is 3. The summed E-state index contributed by atoms with van der Waals surface area (Å²) in [5, 5.41) is 12.8. The van der Waals surface area contributed by atoms with Crippen molar-refractivity contribution in [3.05, 3.63) is 58.4 Å². The standard InChI is InChI=1S/C16H18N4.C5H9N/c1-3-12-6-4-7-13(10-12)18-16-15-11(2)19-20-14(15)8-5-9-17-16;1-3-5-6-4-2/h4,6-10,18,20H,3,5H2,1-2H3;3-5H,1-2H3/b;5-3-,6-4?. The molecule has 0 radical (unpaired) electrons. The van der Waals surface area contributed by atoms with E-state index < -0.39 is 0 Å². The zero-order chi connectivity index (χ0) is 18.8. The lowest BCUT2D eigenvalue weighted by Crippen LogP contribution is -2.28. The highest BCUT2D eigenvalue weighted by molar-refractivity contribution is 5.76. The maximum atomic E-state index is 4.54. The third-order valence-electron chi connectivity index (χ3n) is 3.84. The number of aromatic amines is 1. The van der Waals surface area contributed by atoms with Crippen molar-refractivity contribution in [1.82, 2.24) is 10.2 Å². The van der Waals surface area contributed by atoms with Crippen molar-refractivity contribution in [2.45, 2.75) is 40.5 Å². The van der Waals surface area contributed by atoms with Gasteiger partial charge in [-0.3, -0.25) is 10.1 Å². The van der Waals surface area contributed by atoms with Crippen molar-refractivity contribution in [2.24, 2.45) is 9.98 Å². The molecular weight excluding hydrogens is 322 g/mol. The molecule has 0 saturated carbocycles. The van der Waals surface area contributed by atoms with Gasteiger partial charge in [-0.15, -0.1) is 0 Å². The number of aryl methyl sites for hydroxylation is 2. The molecule has 0 atom stereocenters. The maximum absolute atomic E-state index is 4.54. The summed E-state index contributed by atoms with van der Waals surface area (Å²) in [4.78, 5) is 8.32. The number of allylic oxidation sites excluding steroid dienone is 1. The van der Waals surface area contributed by atoms with Crippen molar-refractivity contribution >= 4 is 30.0 Å². The molecule has 0 spiro atoms. The van der Waals surface area contributed by atoms with Gasteiger partial charge in [-0.25, -0.2) is 4.99 Å². The molecule has 2 aromatic rings. The first-order chi connectivity index (χ1) is 12.7. The van der Waals surface area contributed by atoms with Gasteiger partial charge in [0.15, 0.2) is 0 Å². The Hall–Kier alpha value is -2.95. The first-order valence-corrected chi connectivity index (χ1v) is 8.92. The Labute approximate surface area is 155 Å². The van der Waals surface area contributed by atoms with E-state index >= 15 is 0 Å². The molecule has 0 amide bonds. The predicted molar refractivity (Wildman–Crippen MR) is 112 cm³/mol. The highest BCUT2D eigenvalue weighted by Crippen LogP contribution is 2.14. The van der Waals surface area contributed by atoms with E-state index in [1.54, 1.807) is 12.4 Å². The maximum Gasteiger partial charge on any atom is 0.141 e. The highest BCUT2D eigenvalue weighted by Gasteiger charge is 2.06. The van der Waals surface area contributed by atoms with Crippen LogP contribution in [0.5, 0.6) is 0 Å². The van der Waals surface area contributed by atoms with E-state index in [1.807, 2.05) is 33.1 Å². The lowest BCUT2D eigenvalue weighted by atomic mass is 10.1. The molecule has 0 unspecified atom stereocenters. The summed E-state index contributed by atoms with van der Waals surface area (Å²) in [6.45, 7) is 7.98. The molecular formula is C21H27N5. The van der Waals surface area contributed by atoms with Gasteiger partial charge in [0.25, 0.3) is 0 Å². The summed E-state index contributed by atoms with van der Waals surface area (Å²) in [5.74, 6) is 0.855. The van der Waals surface area contributed by atoms with Crippen molar-refractivity contribution in [3.63, 3.8) is 0 Å². The van der Waals surface area contributed by atoms with Crippen LogP contribution in [0.2, 0.25) is 0 Å². The monoisotopic (exact) mass is 349 g/mol. The van der Waals surface area contributed by atoms with Crippen LogP contribution < -0.4 is 15.9 Å². The Bertz CT molecular complexity index is 906. The summed E-state index contributed by atoms with van der Waals surface area (Å²) in [5.41, 5.74) is 3.33. The SMILES string of the molecule is CC=N/C=C\C.CCc1cccc(NC2=c3c(C)n[nH]c3=CCC=N2)c1. The average molecular weight is 349 g/mol. The molecule has 0 aliphatic carbocycles. The Balaban J connectivity index is 0.000000352. The smallest absolute Gasteiger partial charge is 0.141 e. The van der Waals surface area contributed by atoms with Crippen molar-refractivity contribution in [1.29, 1.82) is 0 Å². The first-order valence-electron chi connectivity index (χ1n) is 8.92. The fourth-order valence-electron chi connectivity index (χ4n) is 2.55. The Morgan fingerprint density at radius 3 is 2.85 bits per heavy atom. The van der Waals surface area contributed by atoms with Gasteiger partial charge in [0.2, 0.25) is 0 Å². The van der Waals surface area contributed by atoms with Gasteiger partial charge in [-0.2, -0.15) is 5.10 Å². The van der Waals surface area contributed by atoms with Crippen LogP contribution >= 0.6 is 0 Å². The second-order valence-electron chi connectivity index (χ2n) is 5.77. The summed E-state index contributed by atoms with van der Waals surface area (Å²) >= 11 is 0. The van der Waals surface area contributed by atoms with Crippen LogP contribution in [-0.4, -0.2) is 22.6 Å². The van der Waals surface area contributed by atoms with Gasteiger partial charge < -0.3 is 5.32 Å². The van der Waals surface area contributed by atoms with Crippen molar-refractivity contribution in [3.8, 4) is 0 Å². The molecule has 5 nitrogen and oxygen atoms in total. The number of aliphatic imine (C=N–C) groups is 2. The molecule has 3 rings (SSSR count). The molecule has 1 aromatic heterocycles. The average Bonchev–Trinajstić information content (AvgIpc) is 2.91. The number of nitrogens with one attached hydrogen (secondary N) is 2. The van der Waals surface area contributed by atoms with Crippen LogP contribution in [0.15, 0.2) is 46.5 Å². The molecule has 2 N–H and O–H groups in total. The Morgan fingerprint density at radius 2 is 2.15 bits per heavy atom. The number of hydrogen-bond donors (Lipinski definition) is 2. The number of anilines is 1. The van der Waals surface area contributed by atoms with Gasteiger partial charge >= 0.3 is 0 Å². The van der Waals surface area contributed by atoms with Crippen LogP contribution in [0.1, 0.15) is 38.4 Å². The lowest BCUT2D eigenvalue weighted by Gasteiger charge is -2.07. The second kappa shape index (κ2) is 10.1. The molecule has 1 aliphatic rings. The molecule has 26 heavy (non-hydrogen) atoms. The molecule has 1 aliphatic heterocycles. The van der Waals surface area contributed by atoms with E-state index in [0.29, 0.717) is 0 Å². The van der Waals surface area contributed by atoms with Crippen LogP contribution in [-0.2, 0) is 6.42 Å². The van der Waals surface area contributed by atoms with E-state index in [9.17, 15) is 0 Å². The zero-order valence-corrected chi connectivity index (χ0v) is 16.0. The molecule has 0 fully saturated rings. The van der Waals surface area contributed by atoms with Crippen LogP contribution in [0, 0.1) is 6.92 Å². The molecule has 136 valence electrons. The van der Waals surface area contributed by atoms with E-state index in [0.717, 1.165) is 40.6 Å². The predicted octanol–water partition coefficient (Wildman–Crippen LogP) is 3.32. The number of benzene rings is 1. The van der Waals surface area contributed by atoms with E-state index in [-0.39, 0.29) is 0 Å². The summed E-state index contributed by atoms with van der Waals surface area (Å²) < 4.78 is 0. The minimum atomic E-state index is 0.814. The third-order valence-corrected chi connectivity index (χ3v) is 3.84. The van der Waals surface area contributed by atoms with Gasteiger partial charge in [0.1, 0.15) is 5.82 Å². The van der Waals surface area contributed by atoms with Gasteiger partial charge in [-0.05, 0) is 44.9 Å². The van der Waals surface area contributed by atoms with Gasteiger partial charge in [0.05, 0.1) is 16.3 Å². The summed E-state index contributed by atoms with van der Waals surface area (Å²) in [6.07, 6.45) is 11.3. The van der Waals surface area contributed by atoms with Crippen LogP contribution in [0.25, 0.3) is 11.9 Å². The molecule has 5 heteroatoms. The number of aromatic nitrogens is 2.